The van der Waals surface area contributed by atoms with E-state index in [2.05, 4.69) is 25.8 Å². The van der Waals surface area contributed by atoms with Crippen LogP contribution in [0.4, 0.5) is 4.39 Å². The summed E-state index contributed by atoms with van der Waals surface area (Å²) in [6.45, 7) is 6.25. The van der Waals surface area contributed by atoms with Crippen LogP contribution >= 0.6 is 0 Å². The van der Waals surface area contributed by atoms with Gasteiger partial charge in [-0.1, -0.05) is 20.8 Å². The van der Waals surface area contributed by atoms with Gasteiger partial charge in [0.2, 0.25) is 5.95 Å². The van der Waals surface area contributed by atoms with Crippen LogP contribution in [0.25, 0.3) is 22.4 Å². The van der Waals surface area contributed by atoms with Gasteiger partial charge >= 0.3 is 5.97 Å². The molecule has 3 aromatic rings. The van der Waals surface area contributed by atoms with Crippen LogP contribution in [-0.4, -0.2) is 27.7 Å². The van der Waals surface area contributed by atoms with Crippen LogP contribution in [0.3, 0.4) is 0 Å². The minimum absolute atomic E-state index is 0.0683. The van der Waals surface area contributed by atoms with Gasteiger partial charge in [-0.2, -0.15) is 4.39 Å². The first-order chi connectivity index (χ1) is 14.6. The highest BCUT2D eigenvalue weighted by Crippen LogP contribution is 2.45. The number of benzene rings is 1. The number of aromatic carboxylic acids is 1. The maximum absolute atomic E-state index is 13.3. The number of rotatable bonds is 3. The molecule has 31 heavy (non-hydrogen) atoms. The van der Waals surface area contributed by atoms with E-state index in [-0.39, 0.29) is 17.0 Å². The van der Waals surface area contributed by atoms with E-state index in [0.717, 1.165) is 22.3 Å². The molecule has 1 aliphatic heterocycles. The summed E-state index contributed by atoms with van der Waals surface area (Å²) in [7, 11) is 1.55. The molecule has 1 aliphatic rings. The van der Waals surface area contributed by atoms with Gasteiger partial charge in [0.15, 0.2) is 5.43 Å². The molecule has 0 amide bonds. The summed E-state index contributed by atoms with van der Waals surface area (Å²) in [4.78, 5) is 27.8. The van der Waals surface area contributed by atoms with Gasteiger partial charge in [0.25, 0.3) is 0 Å². The number of hydrogen-bond acceptors (Lipinski definition) is 4. The molecule has 4 rings (SSSR count). The normalized spacial score (nSPS) is 15.2. The third-order valence-corrected chi connectivity index (χ3v) is 5.80. The fraction of sp³-hybridized carbons (Fsp3) is 0.292. The molecule has 1 atom stereocenters. The Morgan fingerprint density at radius 1 is 1.23 bits per heavy atom. The number of nitrogens with zero attached hydrogens (tertiary/aromatic N) is 2. The second-order valence-corrected chi connectivity index (χ2v) is 8.81. The molecule has 7 heteroatoms. The Labute approximate surface area is 179 Å². The first kappa shape index (κ1) is 20.8. The molecular formula is C24H23FN2O4. The van der Waals surface area contributed by atoms with Gasteiger partial charge in [0.05, 0.1) is 12.8 Å². The fourth-order valence-electron chi connectivity index (χ4n) is 4.18. The number of aromatic nitrogens is 2. The largest absolute Gasteiger partial charge is 0.496 e. The quantitative estimate of drug-likeness (QED) is 0.626. The Morgan fingerprint density at radius 3 is 2.55 bits per heavy atom. The lowest BCUT2D eigenvalue weighted by Gasteiger charge is -2.39. The number of methoxy groups -OCH3 is 1. The van der Waals surface area contributed by atoms with Gasteiger partial charge in [0, 0.05) is 41.2 Å². The van der Waals surface area contributed by atoms with E-state index in [4.69, 9.17) is 4.74 Å². The summed E-state index contributed by atoms with van der Waals surface area (Å²) in [6.07, 6.45) is 3.55. The van der Waals surface area contributed by atoms with Crippen LogP contribution in [0.5, 0.6) is 5.75 Å². The van der Waals surface area contributed by atoms with Crippen LogP contribution in [0, 0.1) is 11.4 Å². The summed E-state index contributed by atoms with van der Waals surface area (Å²) in [6, 6.07) is 8.10. The first-order valence-electron chi connectivity index (χ1n) is 9.93. The van der Waals surface area contributed by atoms with E-state index in [0.29, 0.717) is 17.9 Å². The number of ether oxygens (including phenoxy) is 1. The second kappa shape index (κ2) is 7.34. The fourth-order valence-corrected chi connectivity index (χ4v) is 4.18. The van der Waals surface area contributed by atoms with Crippen molar-refractivity contribution >= 4 is 5.97 Å². The molecule has 6 nitrogen and oxygen atoms in total. The molecule has 1 N–H and O–H groups in total. The highest BCUT2D eigenvalue weighted by molar-refractivity contribution is 5.88. The molecule has 0 spiro atoms. The Morgan fingerprint density at radius 2 is 1.97 bits per heavy atom. The molecule has 0 aliphatic carbocycles. The van der Waals surface area contributed by atoms with Gasteiger partial charge in [-0.15, -0.1) is 0 Å². The number of carbonyl (C=O) groups is 1. The highest BCUT2D eigenvalue weighted by Gasteiger charge is 2.34. The lowest BCUT2D eigenvalue weighted by atomic mass is 9.78. The topological polar surface area (TPSA) is 81.4 Å². The SMILES string of the molecule is COc1cc2c(cc1-c1ccc(F)nc1)CC(C(C)(C)C)n1cc(C(=O)O)c(=O)cc1-2. The maximum Gasteiger partial charge on any atom is 0.341 e. The van der Waals surface area contributed by atoms with Crippen molar-refractivity contribution in [3.05, 3.63) is 70.0 Å². The summed E-state index contributed by atoms with van der Waals surface area (Å²) in [5.74, 6) is -1.24. The van der Waals surface area contributed by atoms with Crippen LogP contribution < -0.4 is 10.2 Å². The van der Waals surface area contributed by atoms with Crippen molar-refractivity contribution in [1.29, 1.82) is 0 Å². The first-order valence-corrected chi connectivity index (χ1v) is 9.93. The number of carboxylic acid groups (broad SMARTS) is 1. The van der Waals surface area contributed by atoms with E-state index in [1.165, 1.54) is 24.5 Å². The zero-order chi connectivity index (χ0) is 22.5. The lowest BCUT2D eigenvalue weighted by molar-refractivity contribution is 0.0693. The summed E-state index contributed by atoms with van der Waals surface area (Å²) in [5, 5.41) is 9.45. The smallest absolute Gasteiger partial charge is 0.341 e. The van der Waals surface area contributed by atoms with Crippen LogP contribution in [-0.2, 0) is 6.42 Å². The molecule has 0 bridgehead atoms. The molecule has 1 aromatic carbocycles. The predicted octanol–water partition coefficient (Wildman–Crippen LogP) is 4.57. The number of halogens is 1. The van der Waals surface area contributed by atoms with Crippen molar-refractivity contribution in [3.63, 3.8) is 0 Å². The van der Waals surface area contributed by atoms with Gasteiger partial charge in [-0.25, -0.2) is 9.78 Å². The van der Waals surface area contributed by atoms with Crippen LogP contribution in [0.2, 0.25) is 0 Å². The summed E-state index contributed by atoms with van der Waals surface area (Å²) < 4.78 is 20.8. The molecule has 0 saturated carbocycles. The summed E-state index contributed by atoms with van der Waals surface area (Å²) in [5.41, 5.74) is 2.98. The number of carboxylic acids is 1. The molecular weight excluding hydrogens is 399 g/mol. The Kier molecular flexibility index (Phi) is 4.92. The van der Waals surface area contributed by atoms with Gasteiger partial charge < -0.3 is 14.4 Å². The molecule has 0 radical (unpaired) electrons. The van der Waals surface area contributed by atoms with Crippen molar-refractivity contribution in [2.24, 2.45) is 5.41 Å². The van der Waals surface area contributed by atoms with Crippen molar-refractivity contribution < 1.29 is 19.0 Å². The predicted molar refractivity (Wildman–Crippen MR) is 115 cm³/mol. The maximum atomic E-state index is 13.3. The average Bonchev–Trinajstić information content (AvgIpc) is 2.71. The molecule has 0 saturated heterocycles. The summed E-state index contributed by atoms with van der Waals surface area (Å²) >= 11 is 0. The lowest BCUT2D eigenvalue weighted by Crippen LogP contribution is -2.32. The zero-order valence-corrected chi connectivity index (χ0v) is 17.8. The molecule has 3 heterocycles. The molecule has 2 aromatic heterocycles. The minimum atomic E-state index is -1.24. The zero-order valence-electron chi connectivity index (χ0n) is 17.8. The average molecular weight is 422 g/mol. The van der Waals surface area contributed by atoms with Crippen molar-refractivity contribution in [3.8, 4) is 28.1 Å². The van der Waals surface area contributed by atoms with E-state index >= 15 is 0 Å². The Bertz CT molecular complexity index is 1240. The third-order valence-electron chi connectivity index (χ3n) is 5.80. The Balaban J connectivity index is 1.99. The second-order valence-electron chi connectivity index (χ2n) is 8.81. The standard InChI is InChI=1S/C24H23FN2O4/c1-24(2,3)21-8-14-7-16(13-5-6-22(25)26-11-13)20(31-4)9-15(14)18-10-19(28)17(23(29)30)12-27(18)21/h5-7,9-12,21H,8H2,1-4H3,(H,29,30). The number of hydrogen-bond donors (Lipinski definition) is 1. The molecule has 160 valence electrons. The number of pyridine rings is 2. The highest BCUT2D eigenvalue weighted by atomic mass is 19.1. The van der Waals surface area contributed by atoms with Gasteiger partial charge in [-0.3, -0.25) is 4.79 Å². The van der Waals surface area contributed by atoms with Crippen molar-refractivity contribution in [2.75, 3.05) is 7.11 Å². The molecule has 1 unspecified atom stereocenters. The van der Waals surface area contributed by atoms with E-state index in [9.17, 15) is 19.1 Å². The van der Waals surface area contributed by atoms with Crippen molar-refractivity contribution in [1.82, 2.24) is 9.55 Å². The minimum Gasteiger partial charge on any atom is -0.496 e. The van der Waals surface area contributed by atoms with Crippen LogP contribution in [0.15, 0.2) is 47.5 Å². The van der Waals surface area contributed by atoms with Gasteiger partial charge in [0.1, 0.15) is 11.3 Å². The van der Waals surface area contributed by atoms with Gasteiger partial charge in [-0.05, 0) is 41.7 Å². The van der Waals surface area contributed by atoms with E-state index < -0.39 is 17.3 Å². The third kappa shape index (κ3) is 3.60. The molecule has 0 fully saturated rings. The van der Waals surface area contributed by atoms with Crippen molar-refractivity contribution in [2.45, 2.75) is 33.2 Å². The van der Waals surface area contributed by atoms with Crippen LogP contribution in [0.1, 0.15) is 42.7 Å². The Hall–Kier alpha value is -3.48. The van der Waals surface area contributed by atoms with E-state index in [1.807, 2.05) is 16.7 Å². The van der Waals surface area contributed by atoms with E-state index in [1.54, 1.807) is 13.2 Å². The monoisotopic (exact) mass is 422 g/mol. The number of fused-ring (bicyclic) bond motifs is 3.